The number of benzene rings is 3. The van der Waals surface area contributed by atoms with Crippen LogP contribution >= 0.6 is 0 Å². The van der Waals surface area contributed by atoms with Crippen molar-refractivity contribution < 1.29 is 13.2 Å². The standard InChI is InChI=1S/C26H27N3O3S/c1-21-6-5-9-25(20-21)28-15-17-29(18-16-28)26(30)23-10-12-24(13-11-23)27-33(31,32)19-14-22-7-3-2-4-8-22/h2-14,19-20,27H,15-18H2,1H3/b19-14+. The zero-order chi connectivity index (χ0) is 23.3. The Balaban J connectivity index is 1.34. The van der Waals surface area contributed by atoms with Crippen LogP contribution in [-0.4, -0.2) is 45.4 Å². The fourth-order valence-corrected chi connectivity index (χ4v) is 4.66. The highest BCUT2D eigenvalue weighted by atomic mass is 32.2. The Bertz CT molecular complexity index is 1230. The molecule has 6 nitrogen and oxygen atoms in total. The number of rotatable bonds is 6. The van der Waals surface area contributed by atoms with Gasteiger partial charge in [0.05, 0.1) is 5.41 Å². The molecule has 0 spiro atoms. The predicted molar refractivity (Wildman–Crippen MR) is 134 cm³/mol. The van der Waals surface area contributed by atoms with Crippen molar-refractivity contribution in [2.24, 2.45) is 0 Å². The number of hydrogen-bond donors (Lipinski definition) is 1. The molecule has 1 saturated heterocycles. The zero-order valence-electron chi connectivity index (χ0n) is 18.5. The minimum absolute atomic E-state index is 0.0442. The molecule has 0 radical (unpaired) electrons. The van der Waals surface area contributed by atoms with E-state index >= 15 is 0 Å². The molecule has 0 aliphatic carbocycles. The molecule has 1 heterocycles. The third-order valence-electron chi connectivity index (χ3n) is 5.56. The number of anilines is 2. The Kier molecular flexibility index (Phi) is 6.79. The highest BCUT2D eigenvalue weighted by Gasteiger charge is 2.22. The average Bonchev–Trinajstić information content (AvgIpc) is 2.83. The molecule has 1 amide bonds. The lowest BCUT2D eigenvalue weighted by Gasteiger charge is -2.36. The van der Waals surface area contributed by atoms with Gasteiger partial charge in [-0.2, -0.15) is 0 Å². The monoisotopic (exact) mass is 461 g/mol. The van der Waals surface area contributed by atoms with Crippen LogP contribution in [0.1, 0.15) is 21.5 Å². The molecule has 7 heteroatoms. The van der Waals surface area contributed by atoms with Gasteiger partial charge in [0.1, 0.15) is 0 Å². The quantitative estimate of drug-likeness (QED) is 0.592. The molecule has 4 rings (SSSR count). The number of nitrogens with one attached hydrogen (secondary N) is 1. The van der Waals surface area contributed by atoms with E-state index in [1.165, 1.54) is 17.3 Å². The Morgan fingerprint density at radius 1 is 0.879 bits per heavy atom. The maximum Gasteiger partial charge on any atom is 0.255 e. The van der Waals surface area contributed by atoms with Gasteiger partial charge in [-0.25, -0.2) is 8.42 Å². The van der Waals surface area contributed by atoms with E-state index in [0.717, 1.165) is 24.1 Å². The normalized spacial score (nSPS) is 14.5. The summed E-state index contributed by atoms with van der Waals surface area (Å²) in [7, 11) is -3.65. The van der Waals surface area contributed by atoms with Gasteiger partial charge in [0.2, 0.25) is 0 Å². The van der Waals surface area contributed by atoms with E-state index < -0.39 is 10.0 Å². The van der Waals surface area contributed by atoms with E-state index in [1.54, 1.807) is 24.3 Å². The number of carbonyl (C=O) groups excluding carboxylic acids is 1. The summed E-state index contributed by atoms with van der Waals surface area (Å²) in [6.07, 6.45) is 1.54. The smallest absolute Gasteiger partial charge is 0.255 e. The molecule has 3 aromatic rings. The molecule has 1 aliphatic rings. The highest BCUT2D eigenvalue weighted by molar-refractivity contribution is 7.95. The van der Waals surface area contributed by atoms with Crippen LogP contribution in [0.5, 0.6) is 0 Å². The van der Waals surface area contributed by atoms with Gasteiger partial charge in [-0.15, -0.1) is 0 Å². The molecule has 170 valence electrons. The fraction of sp³-hybridized carbons (Fsp3) is 0.192. The summed E-state index contributed by atoms with van der Waals surface area (Å²) in [6, 6.07) is 24.1. The second kappa shape index (κ2) is 9.92. The molecule has 0 saturated carbocycles. The van der Waals surface area contributed by atoms with Crippen LogP contribution in [0, 0.1) is 6.92 Å². The van der Waals surface area contributed by atoms with E-state index in [0.29, 0.717) is 24.3 Å². The molecule has 1 fully saturated rings. The second-order valence-corrected chi connectivity index (χ2v) is 9.62. The highest BCUT2D eigenvalue weighted by Crippen LogP contribution is 2.19. The number of hydrogen-bond acceptors (Lipinski definition) is 4. The van der Waals surface area contributed by atoms with Crippen LogP contribution in [0.2, 0.25) is 0 Å². The van der Waals surface area contributed by atoms with Crippen LogP contribution in [0.3, 0.4) is 0 Å². The lowest BCUT2D eigenvalue weighted by atomic mass is 10.1. The van der Waals surface area contributed by atoms with Crippen LogP contribution in [0.15, 0.2) is 84.3 Å². The molecular formula is C26H27N3O3S. The molecule has 1 N–H and O–H groups in total. The van der Waals surface area contributed by atoms with Gasteiger partial charge in [-0.05, 0) is 60.5 Å². The summed E-state index contributed by atoms with van der Waals surface area (Å²) < 4.78 is 27.2. The predicted octanol–water partition coefficient (Wildman–Crippen LogP) is 4.37. The maximum absolute atomic E-state index is 12.9. The third kappa shape index (κ3) is 6.02. The Morgan fingerprint density at radius 3 is 2.24 bits per heavy atom. The number of piperazine rings is 1. The summed E-state index contributed by atoms with van der Waals surface area (Å²) in [5, 5.41) is 1.13. The third-order valence-corrected chi connectivity index (χ3v) is 6.58. The Labute approximate surface area is 195 Å². The van der Waals surface area contributed by atoms with E-state index in [4.69, 9.17) is 0 Å². The summed E-state index contributed by atoms with van der Waals surface area (Å²) in [6.45, 7) is 4.92. The molecular weight excluding hydrogens is 434 g/mol. The van der Waals surface area contributed by atoms with E-state index in [9.17, 15) is 13.2 Å². The number of aryl methyl sites for hydroxylation is 1. The van der Waals surface area contributed by atoms with Gasteiger partial charge < -0.3 is 9.80 Å². The van der Waals surface area contributed by atoms with Crippen LogP contribution in [0.4, 0.5) is 11.4 Å². The van der Waals surface area contributed by atoms with Crippen molar-refractivity contribution in [2.45, 2.75) is 6.92 Å². The minimum atomic E-state index is -3.65. The summed E-state index contributed by atoms with van der Waals surface area (Å²) >= 11 is 0. The Hall–Kier alpha value is -3.58. The average molecular weight is 462 g/mol. The first-order valence-electron chi connectivity index (χ1n) is 10.9. The van der Waals surface area contributed by atoms with Crippen molar-refractivity contribution in [3.63, 3.8) is 0 Å². The molecule has 33 heavy (non-hydrogen) atoms. The summed E-state index contributed by atoms with van der Waals surface area (Å²) in [4.78, 5) is 17.0. The van der Waals surface area contributed by atoms with Gasteiger partial charge in [0, 0.05) is 43.1 Å². The van der Waals surface area contributed by atoms with Gasteiger partial charge in [0.25, 0.3) is 15.9 Å². The molecule has 0 bridgehead atoms. The summed E-state index contributed by atoms with van der Waals surface area (Å²) in [5.74, 6) is -0.0442. The molecule has 0 unspecified atom stereocenters. The minimum Gasteiger partial charge on any atom is -0.368 e. The van der Waals surface area contributed by atoms with E-state index in [1.807, 2.05) is 35.2 Å². The van der Waals surface area contributed by atoms with Crippen LogP contribution in [-0.2, 0) is 10.0 Å². The molecule has 0 atom stereocenters. The first kappa shape index (κ1) is 22.6. The first-order valence-corrected chi connectivity index (χ1v) is 12.4. The van der Waals surface area contributed by atoms with Crippen LogP contribution in [0.25, 0.3) is 6.08 Å². The largest absolute Gasteiger partial charge is 0.368 e. The fourth-order valence-electron chi connectivity index (χ4n) is 3.79. The second-order valence-electron chi connectivity index (χ2n) is 8.06. The topological polar surface area (TPSA) is 69.7 Å². The number of carbonyl (C=O) groups is 1. The van der Waals surface area contributed by atoms with Gasteiger partial charge in [0.15, 0.2) is 0 Å². The van der Waals surface area contributed by atoms with E-state index in [-0.39, 0.29) is 5.91 Å². The maximum atomic E-state index is 12.9. The molecule has 3 aromatic carbocycles. The van der Waals surface area contributed by atoms with Gasteiger partial charge in [-0.1, -0.05) is 42.5 Å². The molecule has 0 aromatic heterocycles. The SMILES string of the molecule is Cc1cccc(N2CCN(C(=O)c3ccc(NS(=O)(=O)/C=C/c4ccccc4)cc3)CC2)c1. The first-order chi connectivity index (χ1) is 15.9. The van der Waals surface area contributed by atoms with Crippen LogP contribution < -0.4 is 9.62 Å². The molecule has 1 aliphatic heterocycles. The van der Waals surface area contributed by atoms with Crippen molar-refractivity contribution in [1.29, 1.82) is 0 Å². The van der Waals surface area contributed by atoms with E-state index in [2.05, 4.69) is 40.8 Å². The lowest BCUT2D eigenvalue weighted by Crippen LogP contribution is -2.48. The van der Waals surface area contributed by atoms with Gasteiger partial charge >= 0.3 is 0 Å². The Morgan fingerprint density at radius 2 is 1.58 bits per heavy atom. The van der Waals surface area contributed by atoms with Gasteiger partial charge in [-0.3, -0.25) is 9.52 Å². The number of nitrogens with zero attached hydrogens (tertiary/aromatic N) is 2. The van der Waals surface area contributed by atoms with Crippen molar-refractivity contribution in [3.8, 4) is 0 Å². The van der Waals surface area contributed by atoms with Crippen molar-refractivity contribution in [1.82, 2.24) is 4.90 Å². The summed E-state index contributed by atoms with van der Waals surface area (Å²) in [5.41, 5.74) is 4.15. The van der Waals surface area contributed by atoms with Crippen molar-refractivity contribution >= 4 is 33.4 Å². The van der Waals surface area contributed by atoms with Crippen molar-refractivity contribution in [2.75, 3.05) is 35.8 Å². The van der Waals surface area contributed by atoms with Crippen molar-refractivity contribution in [3.05, 3.63) is 101 Å². The number of amides is 1. The lowest BCUT2D eigenvalue weighted by molar-refractivity contribution is 0.0747. The number of sulfonamides is 1. The zero-order valence-corrected chi connectivity index (χ0v) is 19.3.